The Kier molecular flexibility index (Phi) is 8.11. The van der Waals surface area contributed by atoms with E-state index >= 15 is 0 Å². The molecule has 2 aromatic carbocycles. The normalized spacial score (nSPS) is 12.7. The SMILES string of the molecule is CCN(CC)c1ccc(C(=C2C=CC(=[N+](CC)CC)C=C2)c2cc(C)c(O)c(C(=O)O)c2)cc1. The minimum atomic E-state index is -1.14. The van der Waals surface area contributed by atoms with Crippen molar-refractivity contribution in [2.24, 2.45) is 0 Å². The fourth-order valence-electron chi connectivity index (χ4n) is 4.44. The maximum atomic E-state index is 11.8. The highest BCUT2D eigenvalue weighted by Crippen LogP contribution is 2.35. The summed E-state index contributed by atoms with van der Waals surface area (Å²) < 4.78 is 2.29. The second kappa shape index (κ2) is 11.0. The van der Waals surface area contributed by atoms with E-state index in [4.69, 9.17) is 0 Å². The fraction of sp³-hybridized carbons (Fsp3) is 0.310. The Labute approximate surface area is 202 Å². The topological polar surface area (TPSA) is 63.8 Å². The highest BCUT2D eigenvalue weighted by Gasteiger charge is 2.19. The number of carbonyl (C=O) groups is 1. The average Bonchev–Trinajstić information content (AvgIpc) is 2.84. The van der Waals surface area contributed by atoms with E-state index in [9.17, 15) is 15.0 Å². The number of carboxylic acid groups (broad SMARTS) is 1. The summed E-state index contributed by atoms with van der Waals surface area (Å²) in [6.07, 6.45) is 8.39. The molecule has 178 valence electrons. The molecule has 5 nitrogen and oxygen atoms in total. The lowest BCUT2D eigenvalue weighted by atomic mass is 9.88. The predicted molar refractivity (Wildman–Crippen MR) is 140 cm³/mol. The minimum Gasteiger partial charge on any atom is -0.507 e. The first-order valence-electron chi connectivity index (χ1n) is 12.0. The molecule has 0 unspecified atom stereocenters. The summed E-state index contributed by atoms with van der Waals surface area (Å²) in [5, 5.41) is 20.0. The molecule has 0 aromatic heterocycles. The van der Waals surface area contributed by atoms with Crippen LogP contribution in [-0.2, 0) is 0 Å². The van der Waals surface area contributed by atoms with Crippen molar-refractivity contribution >= 4 is 22.9 Å². The first-order valence-corrected chi connectivity index (χ1v) is 12.0. The summed E-state index contributed by atoms with van der Waals surface area (Å²) in [7, 11) is 0. The molecule has 0 heterocycles. The zero-order chi connectivity index (χ0) is 24.8. The molecule has 0 aliphatic heterocycles. The third kappa shape index (κ3) is 5.14. The van der Waals surface area contributed by atoms with Gasteiger partial charge in [0, 0.05) is 30.9 Å². The molecule has 0 atom stereocenters. The maximum absolute atomic E-state index is 11.8. The van der Waals surface area contributed by atoms with Crippen LogP contribution in [0.5, 0.6) is 5.75 Å². The van der Waals surface area contributed by atoms with E-state index in [0.29, 0.717) is 5.56 Å². The van der Waals surface area contributed by atoms with Crippen LogP contribution in [0.25, 0.3) is 5.57 Å². The molecular formula is C29H35N2O3+. The lowest BCUT2D eigenvalue weighted by Crippen LogP contribution is -2.21. The van der Waals surface area contributed by atoms with E-state index in [-0.39, 0.29) is 11.3 Å². The van der Waals surface area contributed by atoms with Crippen molar-refractivity contribution < 1.29 is 19.6 Å². The molecular weight excluding hydrogens is 424 g/mol. The number of aryl methyl sites for hydroxylation is 1. The van der Waals surface area contributed by atoms with Gasteiger partial charge in [0.1, 0.15) is 24.4 Å². The van der Waals surface area contributed by atoms with Crippen LogP contribution in [0.2, 0.25) is 0 Å². The van der Waals surface area contributed by atoms with Crippen molar-refractivity contribution in [1.29, 1.82) is 0 Å². The summed E-state index contributed by atoms with van der Waals surface area (Å²) in [6, 6.07) is 11.8. The molecule has 0 fully saturated rings. The highest BCUT2D eigenvalue weighted by atomic mass is 16.4. The van der Waals surface area contributed by atoms with Gasteiger partial charge in [0.25, 0.3) is 0 Å². The summed E-state index contributed by atoms with van der Waals surface area (Å²) in [5.41, 5.74) is 6.43. The molecule has 1 aliphatic rings. The number of hydrogen-bond acceptors (Lipinski definition) is 3. The Morgan fingerprint density at radius 3 is 1.97 bits per heavy atom. The van der Waals surface area contributed by atoms with Crippen LogP contribution in [0, 0.1) is 6.92 Å². The molecule has 0 bridgehead atoms. The largest absolute Gasteiger partial charge is 0.507 e. The zero-order valence-corrected chi connectivity index (χ0v) is 20.8. The van der Waals surface area contributed by atoms with Gasteiger partial charge in [-0.1, -0.05) is 12.1 Å². The van der Waals surface area contributed by atoms with E-state index < -0.39 is 5.97 Å². The standard InChI is InChI=1S/C29H34N2O3/c1-6-30(7-2)24-14-10-21(11-15-24)27(22-12-16-25(17-13-22)31(8-3)9-4)23-18-20(5)28(32)26(19-23)29(33)34/h10-19H,6-9H2,1-5H3,(H,33,34)/p+1. The molecule has 0 amide bonds. The van der Waals surface area contributed by atoms with Crippen LogP contribution in [0.15, 0.2) is 66.3 Å². The smallest absolute Gasteiger partial charge is 0.339 e. The first-order chi connectivity index (χ1) is 16.3. The number of phenols is 1. The van der Waals surface area contributed by atoms with E-state index in [0.717, 1.165) is 59.9 Å². The Morgan fingerprint density at radius 1 is 0.882 bits per heavy atom. The minimum absolute atomic E-state index is 0.0907. The second-order valence-electron chi connectivity index (χ2n) is 8.31. The van der Waals surface area contributed by atoms with Crippen molar-refractivity contribution in [1.82, 2.24) is 0 Å². The van der Waals surface area contributed by atoms with Crippen LogP contribution >= 0.6 is 0 Å². The van der Waals surface area contributed by atoms with Gasteiger partial charge in [-0.05, 0) is 98.9 Å². The molecule has 2 N–H and O–H groups in total. The van der Waals surface area contributed by atoms with Gasteiger partial charge in [0.15, 0.2) is 5.71 Å². The summed E-state index contributed by atoms with van der Waals surface area (Å²) in [4.78, 5) is 14.1. The number of benzene rings is 2. The summed E-state index contributed by atoms with van der Waals surface area (Å²) in [5.74, 6) is -1.33. The van der Waals surface area contributed by atoms with E-state index in [1.807, 2.05) is 6.07 Å². The predicted octanol–water partition coefficient (Wildman–Crippen LogP) is 5.67. The van der Waals surface area contributed by atoms with Crippen molar-refractivity contribution in [3.8, 4) is 5.75 Å². The van der Waals surface area contributed by atoms with Gasteiger partial charge < -0.3 is 15.1 Å². The van der Waals surface area contributed by atoms with Crippen molar-refractivity contribution in [2.45, 2.75) is 34.6 Å². The Balaban J connectivity index is 2.22. The molecule has 5 heteroatoms. The quantitative estimate of drug-likeness (QED) is 0.500. The molecule has 34 heavy (non-hydrogen) atoms. The monoisotopic (exact) mass is 459 g/mol. The van der Waals surface area contributed by atoms with E-state index in [1.165, 1.54) is 0 Å². The number of aromatic carboxylic acids is 1. The summed E-state index contributed by atoms with van der Waals surface area (Å²) in [6.45, 7) is 14.0. The van der Waals surface area contributed by atoms with Gasteiger partial charge in [-0.25, -0.2) is 9.37 Å². The third-order valence-electron chi connectivity index (χ3n) is 6.39. The molecule has 0 radical (unpaired) electrons. The van der Waals surface area contributed by atoms with Gasteiger partial charge in [-0.3, -0.25) is 0 Å². The number of allylic oxidation sites excluding steroid dienone is 5. The van der Waals surface area contributed by atoms with Gasteiger partial charge in [0.2, 0.25) is 0 Å². The van der Waals surface area contributed by atoms with E-state index in [1.54, 1.807) is 13.0 Å². The van der Waals surface area contributed by atoms with Crippen molar-refractivity contribution in [3.05, 3.63) is 88.5 Å². The van der Waals surface area contributed by atoms with Crippen molar-refractivity contribution in [3.63, 3.8) is 0 Å². The molecule has 3 rings (SSSR count). The van der Waals surface area contributed by atoms with Gasteiger partial charge >= 0.3 is 5.97 Å². The number of carboxylic acids is 1. The Bertz CT molecular complexity index is 1160. The average molecular weight is 460 g/mol. The van der Waals surface area contributed by atoms with Crippen LogP contribution in [0.4, 0.5) is 5.69 Å². The van der Waals surface area contributed by atoms with E-state index in [2.05, 4.69) is 85.7 Å². The van der Waals surface area contributed by atoms with Crippen LogP contribution < -0.4 is 4.90 Å². The number of hydrogen-bond donors (Lipinski definition) is 2. The third-order valence-corrected chi connectivity index (χ3v) is 6.39. The van der Waals surface area contributed by atoms with Gasteiger partial charge in [-0.15, -0.1) is 0 Å². The number of anilines is 1. The Morgan fingerprint density at radius 2 is 1.47 bits per heavy atom. The molecule has 0 spiro atoms. The maximum Gasteiger partial charge on any atom is 0.339 e. The number of aromatic hydroxyl groups is 1. The highest BCUT2D eigenvalue weighted by molar-refractivity contribution is 6.04. The summed E-state index contributed by atoms with van der Waals surface area (Å²) >= 11 is 0. The van der Waals surface area contributed by atoms with Crippen LogP contribution in [0.3, 0.4) is 0 Å². The number of rotatable bonds is 8. The van der Waals surface area contributed by atoms with Crippen molar-refractivity contribution in [2.75, 3.05) is 31.1 Å². The van der Waals surface area contributed by atoms with Crippen LogP contribution in [0.1, 0.15) is 54.7 Å². The molecule has 0 saturated carbocycles. The Hall–Kier alpha value is -3.60. The fourth-order valence-corrected chi connectivity index (χ4v) is 4.44. The molecule has 0 saturated heterocycles. The lowest BCUT2D eigenvalue weighted by molar-refractivity contribution is -0.519. The lowest BCUT2D eigenvalue weighted by Gasteiger charge is -2.22. The first kappa shape index (κ1) is 25.0. The second-order valence-corrected chi connectivity index (χ2v) is 8.31. The van der Waals surface area contributed by atoms with Crippen LogP contribution in [-0.4, -0.2) is 52.6 Å². The van der Waals surface area contributed by atoms with Gasteiger partial charge in [-0.2, -0.15) is 0 Å². The zero-order valence-electron chi connectivity index (χ0n) is 20.8. The molecule has 1 aliphatic carbocycles. The van der Waals surface area contributed by atoms with Gasteiger partial charge in [0.05, 0.1) is 0 Å². The number of nitrogens with zero attached hydrogens (tertiary/aromatic N) is 2. The molecule has 2 aromatic rings.